The minimum Gasteiger partial charge on any atom is -0.469 e. The maximum atomic E-state index is 12.0. The Morgan fingerprint density at radius 2 is 2.11 bits per heavy atom. The van der Waals surface area contributed by atoms with Gasteiger partial charge in [0.2, 0.25) is 0 Å². The van der Waals surface area contributed by atoms with Crippen molar-refractivity contribution in [1.29, 1.82) is 0 Å². The van der Waals surface area contributed by atoms with Crippen LogP contribution in [0.25, 0.3) is 0 Å². The molecule has 1 saturated heterocycles. The van der Waals surface area contributed by atoms with E-state index in [0.717, 1.165) is 18.5 Å². The van der Waals surface area contributed by atoms with Gasteiger partial charge >= 0.3 is 5.97 Å². The van der Waals surface area contributed by atoms with Crippen LogP contribution in [0.2, 0.25) is 0 Å². The van der Waals surface area contributed by atoms with Crippen molar-refractivity contribution in [3.05, 3.63) is 33.4 Å². The summed E-state index contributed by atoms with van der Waals surface area (Å²) in [4.78, 5) is 12.0. The molecule has 2 rings (SSSR count). The smallest absolute Gasteiger partial charge is 0.314 e. The topological polar surface area (TPSA) is 38.3 Å². The SMILES string of the molecule is COC(=O)[C@H](c1ccc(I)cc1)[C@H]1CCCCN1. The van der Waals surface area contributed by atoms with Crippen molar-refractivity contribution in [2.24, 2.45) is 0 Å². The lowest BCUT2D eigenvalue weighted by atomic mass is 9.86. The monoisotopic (exact) mass is 359 g/mol. The molecule has 0 aliphatic carbocycles. The summed E-state index contributed by atoms with van der Waals surface area (Å²) in [5.74, 6) is -0.331. The summed E-state index contributed by atoms with van der Waals surface area (Å²) >= 11 is 2.27. The molecule has 4 heteroatoms. The molecule has 18 heavy (non-hydrogen) atoms. The number of halogens is 1. The zero-order valence-electron chi connectivity index (χ0n) is 10.5. The van der Waals surface area contributed by atoms with Gasteiger partial charge in [-0.15, -0.1) is 0 Å². The minimum atomic E-state index is -0.188. The maximum Gasteiger partial charge on any atom is 0.314 e. The van der Waals surface area contributed by atoms with Crippen molar-refractivity contribution in [1.82, 2.24) is 5.32 Å². The molecule has 98 valence electrons. The molecule has 0 radical (unpaired) electrons. The standard InChI is InChI=1S/C14H18INO2/c1-18-14(17)13(12-4-2-3-9-16-12)10-5-7-11(15)8-6-10/h5-8,12-13,16H,2-4,9H2,1H3/t12-,13-/m1/s1. The van der Waals surface area contributed by atoms with Gasteiger partial charge in [0.25, 0.3) is 0 Å². The number of benzene rings is 1. The predicted molar refractivity (Wildman–Crippen MR) is 79.6 cm³/mol. The average Bonchev–Trinajstić information content (AvgIpc) is 2.42. The van der Waals surface area contributed by atoms with E-state index in [-0.39, 0.29) is 17.9 Å². The first-order valence-electron chi connectivity index (χ1n) is 6.29. The molecule has 1 aliphatic heterocycles. The van der Waals surface area contributed by atoms with Crippen LogP contribution in [0.4, 0.5) is 0 Å². The van der Waals surface area contributed by atoms with Crippen molar-refractivity contribution >= 4 is 28.6 Å². The first kappa shape index (κ1) is 13.8. The predicted octanol–water partition coefficient (Wildman–Crippen LogP) is 2.69. The van der Waals surface area contributed by atoms with Crippen molar-refractivity contribution in [3.63, 3.8) is 0 Å². The van der Waals surface area contributed by atoms with Crippen LogP contribution in [-0.4, -0.2) is 25.7 Å². The third-order valence-electron chi connectivity index (χ3n) is 3.44. The summed E-state index contributed by atoms with van der Waals surface area (Å²) in [6.07, 6.45) is 3.40. The molecule has 2 atom stereocenters. The van der Waals surface area contributed by atoms with Gasteiger partial charge in [0, 0.05) is 9.61 Å². The highest BCUT2D eigenvalue weighted by molar-refractivity contribution is 14.1. The van der Waals surface area contributed by atoms with Crippen LogP contribution >= 0.6 is 22.6 Å². The number of hydrogen-bond donors (Lipinski definition) is 1. The van der Waals surface area contributed by atoms with E-state index in [1.165, 1.54) is 23.5 Å². The first-order valence-corrected chi connectivity index (χ1v) is 7.37. The molecular weight excluding hydrogens is 341 g/mol. The second-order valence-corrected chi connectivity index (χ2v) is 5.85. The van der Waals surface area contributed by atoms with Gasteiger partial charge in [-0.2, -0.15) is 0 Å². The van der Waals surface area contributed by atoms with Gasteiger partial charge in [-0.05, 0) is 59.7 Å². The van der Waals surface area contributed by atoms with E-state index in [1.54, 1.807) is 0 Å². The summed E-state index contributed by atoms with van der Waals surface area (Å²) in [7, 11) is 1.46. The van der Waals surface area contributed by atoms with Crippen molar-refractivity contribution in [2.75, 3.05) is 13.7 Å². The Morgan fingerprint density at radius 1 is 1.39 bits per heavy atom. The highest BCUT2D eigenvalue weighted by Gasteiger charge is 2.31. The van der Waals surface area contributed by atoms with Gasteiger partial charge in [0.15, 0.2) is 0 Å². The number of hydrogen-bond acceptors (Lipinski definition) is 3. The molecule has 1 aromatic rings. The Hall–Kier alpha value is -0.620. The third kappa shape index (κ3) is 3.23. The molecule has 0 aromatic heterocycles. The zero-order valence-corrected chi connectivity index (χ0v) is 12.6. The summed E-state index contributed by atoms with van der Waals surface area (Å²) in [5.41, 5.74) is 1.04. The summed E-state index contributed by atoms with van der Waals surface area (Å²) in [6.45, 7) is 0.989. The second kappa shape index (κ2) is 6.52. The van der Waals surface area contributed by atoms with Crippen molar-refractivity contribution in [3.8, 4) is 0 Å². The van der Waals surface area contributed by atoms with Crippen LogP contribution in [0.1, 0.15) is 30.7 Å². The molecule has 0 amide bonds. The van der Waals surface area contributed by atoms with E-state index >= 15 is 0 Å². The molecule has 0 bridgehead atoms. The lowest BCUT2D eigenvalue weighted by Gasteiger charge is -2.30. The number of nitrogens with one attached hydrogen (secondary N) is 1. The number of esters is 1. The second-order valence-electron chi connectivity index (χ2n) is 4.61. The van der Waals surface area contributed by atoms with Crippen LogP contribution in [0, 0.1) is 3.57 Å². The molecule has 0 spiro atoms. The summed E-state index contributed by atoms with van der Waals surface area (Å²) in [6, 6.07) is 8.33. The van der Waals surface area contributed by atoms with Gasteiger partial charge in [0.05, 0.1) is 13.0 Å². The average molecular weight is 359 g/mol. The number of carbonyl (C=O) groups excluding carboxylic acids is 1. The fourth-order valence-electron chi connectivity index (χ4n) is 2.49. The molecule has 0 saturated carbocycles. The Morgan fingerprint density at radius 3 is 2.67 bits per heavy atom. The molecule has 1 N–H and O–H groups in total. The van der Waals surface area contributed by atoms with Crippen LogP contribution in [0.5, 0.6) is 0 Å². The van der Waals surface area contributed by atoms with E-state index < -0.39 is 0 Å². The van der Waals surface area contributed by atoms with Gasteiger partial charge in [-0.1, -0.05) is 18.6 Å². The minimum absolute atomic E-state index is 0.143. The lowest BCUT2D eigenvalue weighted by Crippen LogP contribution is -2.42. The van der Waals surface area contributed by atoms with Crippen LogP contribution < -0.4 is 5.32 Å². The highest BCUT2D eigenvalue weighted by atomic mass is 127. The van der Waals surface area contributed by atoms with Gasteiger partial charge in [-0.3, -0.25) is 4.79 Å². The lowest BCUT2D eigenvalue weighted by molar-refractivity contribution is -0.143. The van der Waals surface area contributed by atoms with Gasteiger partial charge in [0.1, 0.15) is 0 Å². The Labute approximate surface area is 121 Å². The van der Waals surface area contributed by atoms with E-state index in [2.05, 4.69) is 27.9 Å². The third-order valence-corrected chi connectivity index (χ3v) is 4.15. The first-order chi connectivity index (χ1) is 8.72. The Kier molecular flexibility index (Phi) is 5.00. The number of ether oxygens (including phenoxy) is 1. The normalized spacial score (nSPS) is 21.3. The van der Waals surface area contributed by atoms with Gasteiger partial charge in [-0.25, -0.2) is 0 Å². The molecular formula is C14H18INO2. The van der Waals surface area contributed by atoms with E-state index in [0.29, 0.717) is 0 Å². The zero-order chi connectivity index (χ0) is 13.0. The largest absolute Gasteiger partial charge is 0.469 e. The fourth-order valence-corrected chi connectivity index (χ4v) is 2.85. The van der Waals surface area contributed by atoms with Crippen LogP contribution in [0.3, 0.4) is 0 Å². The summed E-state index contributed by atoms with van der Waals surface area (Å²) < 4.78 is 6.15. The molecule has 1 heterocycles. The number of methoxy groups -OCH3 is 1. The molecule has 0 unspecified atom stereocenters. The van der Waals surface area contributed by atoms with Crippen molar-refractivity contribution < 1.29 is 9.53 Å². The Bertz CT molecular complexity index is 399. The number of piperidine rings is 1. The Balaban J connectivity index is 2.23. The van der Waals surface area contributed by atoms with E-state index in [9.17, 15) is 4.79 Å². The molecule has 3 nitrogen and oxygen atoms in total. The number of rotatable bonds is 3. The highest BCUT2D eigenvalue weighted by Crippen LogP contribution is 2.27. The maximum absolute atomic E-state index is 12.0. The van der Waals surface area contributed by atoms with E-state index in [4.69, 9.17) is 4.74 Å². The number of carbonyl (C=O) groups is 1. The van der Waals surface area contributed by atoms with Crippen LogP contribution in [-0.2, 0) is 9.53 Å². The molecule has 1 fully saturated rings. The quantitative estimate of drug-likeness (QED) is 0.666. The fraction of sp³-hybridized carbons (Fsp3) is 0.500. The summed E-state index contributed by atoms with van der Waals surface area (Å²) in [5, 5.41) is 3.44. The van der Waals surface area contributed by atoms with Crippen molar-refractivity contribution in [2.45, 2.75) is 31.2 Å². The van der Waals surface area contributed by atoms with Crippen LogP contribution in [0.15, 0.2) is 24.3 Å². The van der Waals surface area contributed by atoms with E-state index in [1.807, 2.05) is 24.3 Å². The van der Waals surface area contributed by atoms with Gasteiger partial charge < -0.3 is 10.1 Å². The molecule has 1 aliphatic rings. The molecule has 1 aromatic carbocycles.